The fourth-order valence-corrected chi connectivity index (χ4v) is 0. The molecule has 2 nitrogen and oxygen atoms in total. The molecule has 45 valence electrons. The predicted octanol–water partition coefficient (Wildman–Crippen LogP) is 1.52. The summed E-state index contributed by atoms with van der Waals surface area (Å²) in [6.07, 6.45) is 0. The summed E-state index contributed by atoms with van der Waals surface area (Å²) in [6.45, 7) is 5.18. The van der Waals surface area contributed by atoms with Crippen LogP contribution in [0, 0.1) is 35.6 Å². The fourth-order valence-electron chi connectivity index (χ4n) is 0. The Morgan fingerprint density at radius 2 is 1.50 bits per heavy atom. The first kappa shape index (κ1) is 12.0. The molecule has 0 aliphatic heterocycles. The molecule has 0 aromatic carbocycles. The Labute approximate surface area is 78.5 Å². The molecular formula is C4H10LaO2P+. The molecule has 0 aliphatic rings. The summed E-state index contributed by atoms with van der Waals surface area (Å²) in [5.41, 5.74) is 0. The van der Waals surface area contributed by atoms with E-state index in [9.17, 15) is 4.57 Å². The maximum atomic E-state index is 10.2. The third-order valence-electron chi connectivity index (χ3n) is 0.574. The second-order valence-electron chi connectivity index (χ2n) is 2.44. The van der Waals surface area contributed by atoms with Gasteiger partial charge in [-0.1, -0.05) is 0 Å². The summed E-state index contributed by atoms with van der Waals surface area (Å²) < 4.78 is 10.2. The summed E-state index contributed by atoms with van der Waals surface area (Å²) in [7, 11) is -1.99. The maximum Gasteiger partial charge on any atom is 0.510 e. The van der Waals surface area contributed by atoms with Gasteiger partial charge in [-0.3, -0.25) is 0 Å². The molecule has 0 amide bonds. The van der Waals surface area contributed by atoms with Gasteiger partial charge in [0, 0.05) is 35.6 Å². The van der Waals surface area contributed by atoms with Gasteiger partial charge in [-0.2, -0.15) is 4.89 Å². The Morgan fingerprint density at radius 1 is 1.38 bits per heavy atom. The summed E-state index contributed by atoms with van der Waals surface area (Å²) in [4.78, 5) is 8.40. The average Bonchev–Trinajstić information content (AvgIpc) is 1.31. The summed E-state index contributed by atoms with van der Waals surface area (Å²) in [5.74, 6) is 0. The molecule has 1 atom stereocenters. The van der Waals surface area contributed by atoms with Gasteiger partial charge in [0.25, 0.3) is 0 Å². The first-order valence-corrected chi connectivity index (χ1v) is 3.32. The number of hydrogen-bond acceptors (Lipinski definition) is 1. The average molecular weight is 260 g/mol. The van der Waals surface area contributed by atoms with Gasteiger partial charge in [0.1, 0.15) is 0 Å². The van der Waals surface area contributed by atoms with E-state index in [0.717, 1.165) is 0 Å². The van der Waals surface area contributed by atoms with Crippen LogP contribution in [0.15, 0.2) is 0 Å². The van der Waals surface area contributed by atoms with Gasteiger partial charge >= 0.3 is 8.03 Å². The van der Waals surface area contributed by atoms with Crippen LogP contribution in [0.3, 0.4) is 0 Å². The Balaban J connectivity index is 0. The monoisotopic (exact) mass is 260 g/mol. The Bertz CT molecular complexity index is 86.5. The Kier molecular flexibility index (Phi) is 6.19. The molecule has 0 bridgehead atoms. The van der Waals surface area contributed by atoms with E-state index in [4.69, 9.17) is 4.89 Å². The summed E-state index contributed by atoms with van der Waals surface area (Å²) >= 11 is 0. The maximum absolute atomic E-state index is 10.2. The van der Waals surface area contributed by atoms with Crippen molar-refractivity contribution < 1.29 is 45.1 Å². The molecule has 0 fully saturated rings. The smallest absolute Gasteiger partial charge is 0.160 e. The number of rotatable bonds is 0. The molecule has 4 heteroatoms. The van der Waals surface area contributed by atoms with Crippen LogP contribution in [0.1, 0.15) is 20.8 Å². The van der Waals surface area contributed by atoms with Crippen LogP contribution in [-0.2, 0) is 4.57 Å². The van der Waals surface area contributed by atoms with E-state index >= 15 is 0 Å². The molecule has 0 rings (SSSR count). The van der Waals surface area contributed by atoms with Crippen molar-refractivity contribution in [1.29, 1.82) is 0 Å². The largest absolute Gasteiger partial charge is 0.510 e. The van der Waals surface area contributed by atoms with Crippen LogP contribution in [0.25, 0.3) is 0 Å². The van der Waals surface area contributed by atoms with E-state index < -0.39 is 13.2 Å². The van der Waals surface area contributed by atoms with E-state index in [0.29, 0.717) is 0 Å². The quantitative estimate of drug-likeness (QED) is 0.670. The topological polar surface area (TPSA) is 37.3 Å². The van der Waals surface area contributed by atoms with E-state index in [1.165, 1.54) is 0 Å². The van der Waals surface area contributed by atoms with Gasteiger partial charge in [-0.25, -0.2) is 0 Å². The van der Waals surface area contributed by atoms with Gasteiger partial charge in [0.15, 0.2) is 5.16 Å². The molecule has 1 radical (unpaired) electrons. The first-order valence-electron chi connectivity index (χ1n) is 2.11. The molecule has 0 saturated heterocycles. The predicted molar refractivity (Wildman–Crippen MR) is 29.6 cm³/mol. The standard InChI is InChI=1S/C4H9O2P.La/c1-4(2,3)7(5)6;/h1-3H3;/p+1. The van der Waals surface area contributed by atoms with Gasteiger partial charge in [-0.15, -0.1) is 0 Å². The van der Waals surface area contributed by atoms with Crippen LogP contribution >= 0.6 is 8.03 Å². The molecule has 1 unspecified atom stereocenters. The Hall–Kier alpha value is 1.25. The van der Waals surface area contributed by atoms with Crippen molar-refractivity contribution in [3.63, 3.8) is 0 Å². The van der Waals surface area contributed by atoms with Crippen molar-refractivity contribution in [2.75, 3.05) is 0 Å². The van der Waals surface area contributed by atoms with Gasteiger partial charge in [0.2, 0.25) is 0 Å². The molecule has 0 aromatic rings. The third kappa shape index (κ3) is 5.39. The zero-order valence-electron chi connectivity index (χ0n) is 5.38. The van der Waals surface area contributed by atoms with E-state index in [1.807, 2.05) is 0 Å². The van der Waals surface area contributed by atoms with Crippen LogP contribution in [-0.4, -0.2) is 10.0 Å². The molecule has 0 heterocycles. The third-order valence-corrected chi connectivity index (χ3v) is 1.72. The van der Waals surface area contributed by atoms with E-state index in [1.54, 1.807) is 20.8 Å². The number of hydrogen-bond donors (Lipinski definition) is 1. The molecule has 0 spiro atoms. The normalized spacial score (nSPS) is 12.2. The molecule has 1 N–H and O–H groups in total. The van der Waals surface area contributed by atoms with Crippen molar-refractivity contribution in [3.8, 4) is 0 Å². The molecule has 0 aromatic heterocycles. The summed E-state index contributed by atoms with van der Waals surface area (Å²) in [6, 6.07) is 0. The SMILES string of the molecule is CC(C)(C)[P+](=O)O.[La]. The zero-order chi connectivity index (χ0) is 6.08. The van der Waals surface area contributed by atoms with Crippen molar-refractivity contribution in [2.45, 2.75) is 25.9 Å². The second kappa shape index (κ2) is 4.13. The van der Waals surface area contributed by atoms with Gasteiger partial charge in [-0.05, 0) is 25.3 Å². The van der Waals surface area contributed by atoms with Crippen molar-refractivity contribution in [3.05, 3.63) is 0 Å². The molecule has 0 aliphatic carbocycles. The van der Waals surface area contributed by atoms with Crippen molar-refractivity contribution >= 4 is 8.03 Å². The molecular weight excluding hydrogens is 250 g/mol. The van der Waals surface area contributed by atoms with Gasteiger partial charge in [0.05, 0.1) is 0 Å². The van der Waals surface area contributed by atoms with Gasteiger partial charge < -0.3 is 0 Å². The van der Waals surface area contributed by atoms with Crippen molar-refractivity contribution in [1.82, 2.24) is 0 Å². The second-order valence-corrected chi connectivity index (χ2v) is 4.33. The van der Waals surface area contributed by atoms with E-state index in [-0.39, 0.29) is 35.6 Å². The minimum Gasteiger partial charge on any atom is -0.160 e. The minimum absolute atomic E-state index is 0. The van der Waals surface area contributed by atoms with Crippen LogP contribution < -0.4 is 0 Å². The Morgan fingerprint density at radius 3 is 1.50 bits per heavy atom. The molecule has 8 heavy (non-hydrogen) atoms. The van der Waals surface area contributed by atoms with Crippen LogP contribution in [0.5, 0.6) is 0 Å². The van der Waals surface area contributed by atoms with E-state index in [2.05, 4.69) is 0 Å². The van der Waals surface area contributed by atoms with Crippen LogP contribution in [0.4, 0.5) is 0 Å². The zero-order valence-corrected chi connectivity index (χ0v) is 9.90. The van der Waals surface area contributed by atoms with Crippen LogP contribution in [0.2, 0.25) is 0 Å². The minimum atomic E-state index is -1.99. The summed E-state index contributed by atoms with van der Waals surface area (Å²) in [5, 5.41) is -0.435. The van der Waals surface area contributed by atoms with Crippen molar-refractivity contribution in [2.24, 2.45) is 0 Å². The molecule has 0 saturated carbocycles. The fraction of sp³-hybridized carbons (Fsp3) is 1.00. The first-order chi connectivity index (χ1) is 2.94.